The van der Waals surface area contributed by atoms with Crippen LogP contribution in [0.3, 0.4) is 0 Å². The monoisotopic (exact) mass is 212 g/mol. The van der Waals surface area contributed by atoms with Crippen LogP contribution in [-0.2, 0) is 6.42 Å². The second-order valence-corrected chi connectivity index (χ2v) is 4.57. The molecule has 84 valence electrons. The second kappa shape index (κ2) is 6.35. The van der Waals surface area contributed by atoms with Crippen LogP contribution in [0.4, 0.5) is 0 Å². The molecule has 1 aromatic carbocycles. The predicted molar refractivity (Wildman–Crippen MR) is 69.4 cm³/mol. The molecular weight excluding hydrogens is 192 g/mol. The zero-order valence-electron chi connectivity index (χ0n) is 9.91. The predicted octanol–water partition coefficient (Wildman–Crippen LogP) is 4.66. The van der Waals surface area contributed by atoms with Crippen LogP contribution < -0.4 is 0 Å². The molecule has 16 heavy (non-hydrogen) atoms. The number of hydrogen-bond acceptors (Lipinski definition) is 0. The van der Waals surface area contributed by atoms with Crippen molar-refractivity contribution < 1.29 is 0 Å². The summed E-state index contributed by atoms with van der Waals surface area (Å²) in [5.74, 6) is 0. The van der Waals surface area contributed by atoms with Gasteiger partial charge in [-0.2, -0.15) is 0 Å². The molecule has 1 aromatic rings. The van der Waals surface area contributed by atoms with E-state index in [-0.39, 0.29) is 0 Å². The second-order valence-electron chi connectivity index (χ2n) is 4.57. The summed E-state index contributed by atoms with van der Waals surface area (Å²) >= 11 is 0. The van der Waals surface area contributed by atoms with E-state index >= 15 is 0 Å². The molecule has 0 radical (unpaired) electrons. The van der Waals surface area contributed by atoms with E-state index in [0.29, 0.717) is 0 Å². The molecular formula is C16H20. The van der Waals surface area contributed by atoms with Crippen molar-refractivity contribution in [2.75, 3.05) is 0 Å². The van der Waals surface area contributed by atoms with E-state index in [1.54, 1.807) is 0 Å². The van der Waals surface area contributed by atoms with E-state index in [9.17, 15) is 0 Å². The van der Waals surface area contributed by atoms with Crippen molar-refractivity contribution in [1.29, 1.82) is 0 Å². The van der Waals surface area contributed by atoms with E-state index in [4.69, 9.17) is 0 Å². The van der Waals surface area contributed by atoms with Gasteiger partial charge < -0.3 is 0 Å². The molecule has 0 heterocycles. The van der Waals surface area contributed by atoms with Gasteiger partial charge in [0.25, 0.3) is 0 Å². The first-order valence-corrected chi connectivity index (χ1v) is 6.42. The highest BCUT2D eigenvalue weighted by Crippen LogP contribution is 2.17. The van der Waals surface area contributed by atoms with Crippen LogP contribution in [0.5, 0.6) is 0 Å². The van der Waals surface area contributed by atoms with Crippen LogP contribution in [0.2, 0.25) is 0 Å². The first-order valence-electron chi connectivity index (χ1n) is 6.42. The van der Waals surface area contributed by atoms with Gasteiger partial charge in [0, 0.05) is 6.42 Å². The smallest absolute Gasteiger partial charge is 0.000903 e. The van der Waals surface area contributed by atoms with E-state index in [0.717, 1.165) is 6.42 Å². The lowest BCUT2D eigenvalue weighted by Crippen LogP contribution is -1.90. The molecule has 0 aromatic heterocycles. The van der Waals surface area contributed by atoms with Gasteiger partial charge in [0.2, 0.25) is 0 Å². The third-order valence-corrected chi connectivity index (χ3v) is 3.14. The minimum atomic E-state index is 1.08. The fraction of sp³-hybridized carbons (Fsp3) is 0.438. The highest BCUT2D eigenvalue weighted by Gasteiger charge is 2.00. The largest absolute Gasteiger partial charge is 0.126 e. The van der Waals surface area contributed by atoms with Gasteiger partial charge in [-0.1, -0.05) is 43.2 Å². The molecule has 0 saturated heterocycles. The molecule has 0 spiro atoms. The van der Waals surface area contributed by atoms with Crippen molar-refractivity contribution in [3.8, 4) is 0 Å². The van der Waals surface area contributed by atoms with Gasteiger partial charge in [0.05, 0.1) is 0 Å². The zero-order valence-corrected chi connectivity index (χ0v) is 9.91. The van der Waals surface area contributed by atoms with Crippen LogP contribution >= 0.6 is 0 Å². The summed E-state index contributed by atoms with van der Waals surface area (Å²) in [6.45, 7) is 0. The maximum absolute atomic E-state index is 3.50. The van der Waals surface area contributed by atoms with Gasteiger partial charge in [-0.05, 0) is 42.9 Å². The number of allylic oxidation sites excluding steroid dienone is 1. The third kappa shape index (κ3) is 3.72. The van der Waals surface area contributed by atoms with Crippen LogP contribution in [0.15, 0.2) is 47.7 Å². The maximum Gasteiger partial charge on any atom is 0.000903 e. The van der Waals surface area contributed by atoms with Crippen LogP contribution in [0.25, 0.3) is 0 Å². The first kappa shape index (κ1) is 11.2. The summed E-state index contributed by atoms with van der Waals surface area (Å²) in [5, 5.41) is 0. The summed E-state index contributed by atoms with van der Waals surface area (Å²) in [7, 11) is 0. The Bertz CT molecular complexity index is 366. The molecule has 0 atom stereocenters. The van der Waals surface area contributed by atoms with Crippen LogP contribution in [-0.4, -0.2) is 0 Å². The molecule has 0 fully saturated rings. The Labute approximate surface area is 98.7 Å². The Morgan fingerprint density at radius 1 is 0.938 bits per heavy atom. The Morgan fingerprint density at radius 3 is 2.62 bits per heavy atom. The zero-order chi connectivity index (χ0) is 11.1. The Kier molecular flexibility index (Phi) is 4.46. The van der Waals surface area contributed by atoms with Gasteiger partial charge in [-0.25, -0.2) is 0 Å². The fourth-order valence-electron chi connectivity index (χ4n) is 2.21. The molecule has 0 unspecified atom stereocenters. The molecule has 0 nitrogen and oxygen atoms in total. The Balaban J connectivity index is 2.04. The lowest BCUT2D eigenvalue weighted by atomic mass is 10.0. The van der Waals surface area contributed by atoms with Gasteiger partial charge in [-0.15, -0.1) is 5.73 Å². The Hall–Kier alpha value is -1.26. The quantitative estimate of drug-likeness (QED) is 0.625. The molecule has 0 saturated carbocycles. The Morgan fingerprint density at radius 2 is 1.75 bits per heavy atom. The number of rotatable bonds is 2. The van der Waals surface area contributed by atoms with Crippen molar-refractivity contribution >= 4 is 0 Å². The topological polar surface area (TPSA) is 0 Å². The van der Waals surface area contributed by atoms with Gasteiger partial charge in [0.1, 0.15) is 0 Å². The highest BCUT2D eigenvalue weighted by atomic mass is 14.1. The maximum atomic E-state index is 3.50. The van der Waals surface area contributed by atoms with Crippen molar-refractivity contribution in [3.05, 3.63) is 53.3 Å². The van der Waals surface area contributed by atoms with Crippen molar-refractivity contribution in [1.82, 2.24) is 0 Å². The molecule has 0 aliphatic heterocycles. The number of hydrogen-bond donors (Lipinski definition) is 0. The summed E-state index contributed by atoms with van der Waals surface area (Å²) in [4.78, 5) is 0. The minimum Gasteiger partial charge on any atom is -0.126 e. The molecule has 0 N–H and O–H groups in total. The summed E-state index contributed by atoms with van der Waals surface area (Å²) in [5.41, 5.74) is 6.40. The normalized spacial score (nSPS) is 17.1. The average Bonchev–Trinajstić information content (AvgIpc) is 2.45. The van der Waals surface area contributed by atoms with Crippen molar-refractivity contribution in [3.63, 3.8) is 0 Å². The molecule has 1 aliphatic rings. The van der Waals surface area contributed by atoms with Crippen LogP contribution in [0, 0.1) is 0 Å². The number of benzene rings is 1. The lowest BCUT2D eigenvalue weighted by Gasteiger charge is -2.04. The van der Waals surface area contributed by atoms with Crippen LogP contribution in [0.1, 0.15) is 44.1 Å². The standard InChI is InChI=1S/C16H20/c1-2-4-7-11-15(10-6-3-1)14-16-12-8-5-9-13-16/h5-6,8-9,12-13H,1-4,7,11,14H2. The first-order chi connectivity index (χ1) is 7.95. The minimum absolute atomic E-state index is 1.08. The molecule has 1 aliphatic carbocycles. The SMILES string of the molecule is C1=CCCCCCCC=1Cc1ccccc1. The fourth-order valence-corrected chi connectivity index (χ4v) is 2.21. The summed E-state index contributed by atoms with van der Waals surface area (Å²) < 4.78 is 0. The molecule has 0 bridgehead atoms. The van der Waals surface area contributed by atoms with E-state index < -0.39 is 0 Å². The van der Waals surface area contributed by atoms with E-state index in [1.807, 2.05) is 0 Å². The van der Waals surface area contributed by atoms with E-state index in [2.05, 4.69) is 42.1 Å². The van der Waals surface area contributed by atoms with Gasteiger partial charge in [-0.3, -0.25) is 0 Å². The third-order valence-electron chi connectivity index (χ3n) is 3.14. The molecule has 2 rings (SSSR count). The van der Waals surface area contributed by atoms with Gasteiger partial charge in [0.15, 0.2) is 0 Å². The molecule has 0 amide bonds. The highest BCUT2D eigenvalue weighted by molar-refractivity contribution is 5.21. The van der Waals surface area contributed by atoms with Crippen molar-refractivity contribution in [2.45, 2.75) is 44.9 Å². The van der Waals surface area contributed by atoms with Crippen molar-refractivity contribution in [2.24, 2.45) is 0 Å². The summed E-state index contributed by atoms with van der Waals surface area (Å²) in [6.07, 6.45) is 11.2. The summed E-state index contributed by atoms with van der Waals surface area (Å²) in [6, 6.07) is 10.7. The van der Waals surface area contributed by atoms with Gasteiger partial charge >= 0.3 is 0 Å². The van der Waals surface area contributed by atoms with E-state index in [1.165, 1.54) is 49.7 Å². The average molecular weight is 212 g/mol. The molecule has 0 heteroatoms. The lowest BCUT2D eigenvalue weighted by molar-refractivity contribution is 0.646.